The monoisotopic (exact) mass is 253 g/mol. The first-order valence-electron chi connectivity index (χ1n) is 7.82. The largest absolute Gasteiger partial charge is 0.380 e. The van der Waals surface area contributed by atoms with E-state index in [0.717, 1.165) is 25.7 Å². The smallest absolute Gasteiger partial charge is 0.0591 e. The van der Waals surface area contributed by atoms with E-state index in [1.54, 1.807) is 0 Å². The van der Waals surface area contributed by atoms with E-state index in [0.29, 0.717) is 16.9 Å². The molecule has 1 N–H and O–H groups in total. The molecule has 2 nitrogen and oxygen atoms in total. The molecule has 2 bridgehead atoms. The summed E-state index contributed by atoms with van der Waals surface area (Å²) in [5.41, 5.74) is 1.01. The van der Waals surface area contributed by atoms with Gasteiger partial charge in [-0.25, -0.2) is 0 Å². The Morgan fingerprint density at radius 1 is 1.22 bits per heavy atom. The van der Waals surface area contributed by atoms with E-state index in [4.69, 9.17) is 4.74 Å². The van der Waals surface area contributed by atoms with Crippen LogP contribution in [0.15, 0.2) is 0 Å². The molecule has 2 rings (SSSR count). The van der Waals surface area contributed by atoms with Gasteiger partial charge in [0.1, 0.15) is 0 Å². The zero-order valence-electron chi connectivity index (χ0n) is 12.7. The van der Waals surface area contributed by atoms with Gasteiger partial charge in [0.25, 0.3) is 0 Å². The molecule has 0 aliphatic heterocycles. The molecule has 0 saturated heterocycles. The van der Waals surface area contributed by atoms with Gasteiger partial charge in [-0.1, -0.05) is 34.1 Å². The number of rotatable bonds is 7. The van der Waals surface area contributed by atoms with Gasteiger partial charge in [0, 0.05) is 19.2 Å². The number of nitrogens with one attached hydrogen (secondary N) is 1. The molecule has 2 saturated carbocycles. The van der Waals surface area contributed by atoms with Crippen LogP contribution >= 0.6 is 0 Å². The van der Waals surface area contributed by atoms with E-state index in [1.807, 2.05) is 0 Å². The Balaban J connectivity index is 1.75. The van der Waals surface area contributed by atoms with Crippen molar-refractivity contribution in [3.05, 3.63) is 0 Å². The fourth-order valence-corrected chi connectivity index (χ4v) is 4.44. The quantitative estimate of drug-likeness (QED) is 0.700. The maximum absolute atomic E-state index is 5.65. The Morgan fingerprint density at radius 2 is 2.00 bits per heavy atom. The van der Waals surface area contributed by atoms with Gasteiger partial charge >= 0.3 is 0 Å². The van der Waals surface area contributed by atoms with Crippen molar-refractivity contribution in [2.24, 2.45) is 16.7 Å². The minimum Gasteiger partial charge on any atom is -0.380 e. The molecule has 3 atom stereocenters. The van der Waals surface area contributed by atoms with Crippen LogP contribution in [0.5, 0.6) is 0 Å². The summed E-state index contributed by atoms with van der Waals surface area (Å²) < 4.78 is 5.65. The molecule has 0 heterocycles. The molecule has 106 valence electrons. The van der Waals surface area contributed by atoms with Crippen LogP contribution in [0.4, 0.5) is 0 Å². The van der Waals surface area contributed by atoms with Gasteiger partial charge in [0.05, 0.1) is 6.61 Å². The lowest BCUT2D eigenvalue weighted by Crippen LogP contribution is -2.51. The van der Waals surface area contributed by atoms with E-state index in [9.17, 15) is 0 Å². The molecule has 18 heavy (non-hydrogen) atoms. The summed E-state index contributed by atoms with van der Waals surface area (Å²) in [6, 6.07) is 0.679. The Labute approximate surface area is 113 Å². The fourth-order valence-electron chi connectivity index (χ4n) is 4.44. The van der Waals surface area contributed by atoms with Gasteiger partial charge in [-0.05, 0) is 42.4 Å². The molecule has 0 aromatic rings. The molecular formula is C16H31NO. The van der Waals surface area contributed by atoms with Crippen molar-refractivity contribution in [2.75, 3.05) is 19.8 Å². The first kappa shape index (κ1) is 14.3. The highest BCUT2D eigenvalue weighted by atomic mass is 16.5. The number of hydrogen-bond acceptors (Lipinski definition) is 2. The minimum atomic E-state index is 0.469. The SMILES string of the molecule is CCCCOCCNC1C2(C)CCC(C2)C1(C)C. The molecule has 3 unspecified atom stereocenters. The number of fused-ring (bicyclic) bond motifs is 2. The van der Waals surface area contributed by atoms with Gasteiger partial charge in [0.15, 0.2) is 0 Å². The number of hydrogen-bond donors (Lipinski definition) is 1. The molecule has 2 aliphatic rings. The van der Waals surface area contributed by atoms with Crippen molar-refractivity contribution in [3.8, 4) is 0 Å². The second-order valence-corrected chi connectivity index (χ2v) is 7.27. The average Bonchev–Trinajstić information content (AvgIpc) is 2.78. The summed E-state index contributed by atoms with van der Waals surface area (Å²) in [6.45, 7) is 12.4. The maximum atomic E-state index is 5.65. The molecule has 0 aromatic heterocycles. The Kier molecular flexibility index (Phi) is 4.38. The molecular weight excluding hydrogens is 222 g/mol. The third-order valence-corrected chi connectivity index (χ3v) is 5.51. The van der Waals surface area contributed by atoms with E-state index in [2.05, 4.69) is 33.0 Å². The zero-order valence-corrected chi connectivity index (χ0v) is 12.7. The maximum Gasteiger partial charge on any atom is 0.0591 e. The standard InChI is InChI=1S/C16H31NO/c1-5-6-10-18-11-9-17-14-15(2,3)13-7-8-16(14,4)12-13/h13-14,17H,5-12H2,1-4H3. The molecule has 0 aromatic carbocycles. The average molecular weight is 253 g/mol. The lowest BCUT2D eigenvalue weighted by Gasteiger charge is -2.43. The molecule has 0 amide bonds. The van der Waals surface area contributed by atoms with Crippen LogP contribution in [0.3, 0.4) is 0 Å². The highest BCUT2D eigenvalue weighted by Crippen LogP contribution is 2.62. The van der Waals surface area contributed by atoms with Crippen molar-refractivity contribution in [1.82, 2.24) is 5.32 Å². The Bertz CT molecular complexity index is 272. The van der Waals surface area contributed by atoms with Crippen LogP contribution in [0, 0.1) is 16.7 Å². The second-order valence-electron chi connectivity index (χ2n) is 7.27. The van der Waals surface area contributed by atoms with E-state index in [-0.39, 0.29) is 0 Å². The van der Waals surface area contributed by atoms with E-state index in [1.165, 1.54) is 32.1 Å². The van der Waals surface area contributed by atoms with Crippen LogP contribution in [-0.4, -0.2) is 25.8 Å². The van der Waals surface area contributed by atoms with Gasteiger partial charge in [-0.3, -0.25) is 0 Å². The molecule has 2 heteroatoms. The Morgan fingerprint density at radius 3 is 2.61 bits per heavy atom. The molecule has 0 radical (unpaired) electrons. The van der Waals surface area contributed by atoms with Gasteiger partial charge in [-0.2, -0.15) is 0 Å². The summed E-state index contributed by atoms with van der Waals surface area (Å²) >= 11 is 0. The summed E-state index contributed by atoms with van der Waals surface area (Å²) in [7, 11) is 0. The second kappa shape index (κ2) is 5.50. The van der Waals surface area contributed by atoms with Crippen LogP contribution < -0.4 is 5.32 Å². The van der Waals surface area contributed by atoms with E-state index < -0.39 is 0 Å². The molecule has 2 aliphatic carbocycles. The van der Waals surface area contributed by atoms with Crippen molar-refractivity contribution in [2.45, 2.75) is 65.8 Å². The third-order valence-electron chi connectivity index (χ3n) is 5.51. The van der Waals surface area contributed by atoms with Gasteiger partial charge < -0.3 is 10.1 Å². The van der Waals surface area contributed by atoms with Gasteiger partial charge in [-0.15, -0.1) is 0 Å². The lowest BCUT2D eigenvalue weighted by atomic mass is 9.68. The summed E-state index contributed by atoms with van der Waals surface area (Å²) in [5.74, 6) is 0.931. The summed E-state index contributed by atoms with van der Waals surface area (Å²) in [5, 5.41) is 3.80. The summed E-state index contributed by atoms with van der Waals surface area (Å²) in [6.07, 6.45) is 6.69. The highest BCUT2D eigenvalue weighted by Gasteiger charge is 2.58. The van der Waals surface area contributed by atoms with Crippen LogP contribution in [0.25, 0.3) is 0 Å². The zero-order chi connectivity index (χ0) is 13.2. The lowest BCUT2D eigenvalue weighted by molar-refractivity contribution is 0.0869. The number of ether oxygens (including phenoxy) is 1. The van der Waals surface area contributed by atoms with Crippen molar-refractivity contribution >= 4 is 0 Å². The normalized spacial score (nSPS) is 37.3. The third kappa shape index (κ3) is 2.60. The van der Waals surface area contributed by atoms with Crippen molar-refractivity contribution < 1.29 is 4.74 Å². The number of unbranched alkanes of at least 4 members (excludes halogenated alkanes) is 1. The van der Waals surface area contributed by atoms with Crippen molar-refractivity contribution in [3.63, 3.8) is 0 Å². The highest BCUT2D eigenvalue weighted by molar-refractivity contribution is 5.11. The topological polar surface area (TPSA) is 21.3 Å². The molecule has 0 spiro atoms. The van der Waals surface area contributed by atoms with Crippen LogP contribution in [-0.2, 0) is 4.74 Å². The first-order chi connectivity index (χ1) is 8.50. The minimum absolute atomic E-state index is 0.469. The Hall–Kier alpha value is -0.0800. The van der Waals surface area contributed by atoms with Gasteiger partial charge in [0.2, 0.25) is 0 Å². The predicted octanol–water partition coefficient (Wildman–Crippen LogP) is 3.61. The van der Waals surface area contributed by atoms with Crippen molar-refractivity contribution in [1.29, 1.82) is 0 Å². The summed E-state index contributed by atoms with van der Waals surface area (Å²) in [4.78, 5) is 0. The first-order valence-corrected chi connectivity index (χ1v) is 7.82. The fraction of sp³-hybridized carbons (Fsp3) is 1.00. The molecule has 2 fully saturated rings. The predicted molar refractivity (Wildman–Crippen MR) is 76.7 cm³/mol. The van der Waals surface area contributed by atoms with Crippen LogP contribution in [0.1, 0.15) is 59.8 Å². The van der Waals surface area contributed by atoms with E-state index >= 15 is 0 Å². The van der Waals surface area contributed by atoms with Crippen LogP contribution in [0.2, 0.25) is 0 Å².